The van der Waals surface area contributed by atoms with Crippen LogP contribution in [0.25, 0.3) is 6.08 Å². The van der Waals surface area contributed by atoms with Crippen LogP contribution < -0.4 is 0 Å². The molecule has 1 unspecified atom stereocenters. The summed E-state index contributed by atoms with van der Waals surface area (Å²) in [5.41, 5.74) is 1.29. The second kappa shape index (κ2) is 4.08. The molecule has 1 aliphatic carbocycles. The average molecular weight is 170 g/mol. The maximum atomic E-state index is 2.29. The van der Waals surface area contributed by atoms with E-state index in [0.29, 0.717) is 5.92 Å². The predicted octanol–water partition coefficient (Wildman–Crippen LogP) is 3.67. The van der Waals surface area contributed by atoms with Gasteiger partial charge in [-0.25, -0.2) is 0 Å². The first kappa shape index (κ1) is 8.31. The quantitative estimate of drug-likeness (QED) is 0.594. The summed E-state index contributed by atoms with van der Waals surface area (Å²) in [6.45, 7) is 0. The van der Waals surface area contributed by atoms with Crippen LogP contribution in [-0.4, -0.2) is 0 Å². The fourth-order valence-corrected chi connectivity index (χ4v) is 1.62. The van der Waals surface area contributed by atoms with E-state index in [1.807, 2.05) is 6.07 Å². The summed E-state index contributed by atoms with van der Waals surface area (Å²) in [6.07, 6.45) is 11.6. The largest absolute Gasteiger partial charge is 0.0879 e. The van der Waals surface area contributed by atoms with Gasteiger partial charge in [0.25, 0.3) is 0 Å². The van der Waals surface area contributed by atoms with E-state index in [-0.39, 0.29) is 0 Å². The van der Waals surface area contributed by atoms with Crippen molar-refractivity contribution in [1.82, 2.24) is 0 Å². The molecule has 0 saturated heterocycles. The number of hydrogen-bond acceptors (Lipinski definition) is 0. The second-order valence-electron chi connectivity index (χ2n) is 3.44. The summed E-state index contributed by atoms with van der Waals surface area (Å²) in [6, 6.07) is 10.5. The molecule has 1 aromatic rings. The summed E-state index contributed by atoms with van der Waals surface area (Å²) in [7, 11) is 0. The molecule has 1 aliphatic rings. The predicted molar refractivity (Wildman–Crippen MR) is 57.3 cm³/mol. The van der Waals surface area contributed by atoms with Crippen LogP contribution in [0.1, 0.15) is 18.4 Å². The van der Waals surface area contributed by atoms with Crippen LogP contribution in [0.2, 0.25) is 0 Å². The van der Waals surface area contributed by atoms with Crippen molar-refractivity contribution in [2.45, 2.75) is 12.8 Å². The first-order valence-electron chi connectivity index (χ1n) is 4.85. The van der Waals surface area contributed by atoms with Gasteiger partial charge in [-0.2, -0.15) is 0 Å². The lowest BCUT2D eigenvalue weighted by Crippen LogP contribution is -1.83. The van der Waals surface area contributed by atoms with E-state index >= 15 is 0 Å². The fraction of sp³-hybridized carbons (Fsp3) is 0.231. The van der Waals surface area contributed by atoms with Gasteiger partial charge in [0.1, 0.15) is 0 Å². The van der Waals surface area contributed by atoms with Gasteiger partial charge in [0.05, 0.1) is 0 Å². The van der Waals surface area contributed by atoms with Gasteiger partial charge in [0.15, 0.2) is 0 Å². The zero-order valence-electron chi connectivity index (χ0n) is 7.69. The Balaban J connectivity index is 2.01. The van der Waals surface area contributed by atoms with Gasteiger partial charge >= 0.3 is 0 Å². The molecule has 0 nitrogen and oxygen atoms in total. The molecule has 0 aliphatic heterocycles. The molecule has 13 heavy (non-hydrogen) atoms. The Morgan fingerprint density at radius 1 is 1.15 bits per heavy atom. The number of hydrogen-bond donors (Lipinski definition) is 0. The zero-order valence-corrected chi connectivity index (χ0v) is 7.69. The van der Waals surface area contributed by atoms with Crippen molar-refractivity contribution in [1.29, 1.82) is 0 Å². The SMILES string of the molecule is C1=CC(/C=C/c2ccccc2)CC1. The molecule has 0 heteroatoms. The first-order chi connectivity index (χ1) is 6.45. The number of allylic oxidation sites excluding steroid dienone is 3. The summed E-state index contributed by atoms with van der Waals surface area (Å²) in [5.74, 6) is 0.667. The molecule has 0 radical (unpaired) electrons. The van der Waals surface area contributed by atoms with Gasteiger partial charge in [0, 0.05) is 0 Å². The molecule has 66 valence electrons. The lowest BCUT2D eigenvalue weighted by atomic mass is 10.1. The van der Waals surface area contributed by atoms with Crippen molar-refractivity contribution in [2.24, 2.45) is 5.92 Å². The van der Waals surface area contributed by atoms with E-state index in [9.17, 15) is 0 Å². The third-order valence-corrected chi connectivity index (χ3v) is 2.39. The highest BCUT2D eigenvalue weighted by Gasteiger charge is 2.03. The monoisotopic (exact) mass is 170 g/mol. The van der Waals surface area contributed by atoms with Crippen molar-refractivity contribution in [3.63, 3.8) is 0 Å². The van der Waals surface area contributed by atoms with Crippen LogP contribution in [0.5, 0.6) is 0 Å². The van der Waals surface area contributed by atoms with Gasteiger partial charge in [-0.15, -0.1) is 0 Å². The van der Waals surface area contributed by atoms with Gasteiger partial charge in [-0.05, 0) is 24.3 Å². The van der Waals surface area contributed by atoms with Crippen LogP contribution in [0.4, 0.5) is 0 Å². The third kappa shape index (κ3) is 2.32. The second-order valence-corrected chi connectivity index (χ2v) is 3.44. The third-order valence-electron chi connectivity index (χ3n) is 2.39. The standard InChI is InChI=1S/C13H14/c1-2-6-12(7-3-1)10-11-13-8-4-5-9-13/h1-4,6-8,10-11,13H,5,9H2/b11-10+. The highest BCUT2D eigenvalue weighted by Crippen LogP contribution is 2.19. The van der Waals surface area contributed by atoms with E-state index < -0.39 is 0 Å². The normalized spacial score (nSPS) is 21.4. The molecule has 0 aromatic heterocycles. The summed E-state index contributed by atoms with van der Waals surface area (Å²) in [4.78, 5) is 0. The van der Waals surface area contributed by atoms with Crippen molar-refractivity contribution >= 4 is 6.08 Å². The maximum Gasteiger partial charge on any atom is -0.00472 e. The molecular weight excluding hydrogens is 156 g/mol. The van der Waals surface area contributed by atoms with Crippen molar-refractivity contribution in [3.05, 3.63) is 54.1 Å². The van der Waals surface area contributed by atoms with Crippen LogP contribution in [0, 0.1) is 5.92 Å². The van der Waals surface area contributed by atoms with E-state index in [1.165, 1.54) is 18.4 Å². The van der Waals surface area contributed by atoms with Gasteiger partial charge in [-0.1, -0.05) is 54.6 Å². The molecule has 0 spiro atoms. The minimum atomic E-state index is 0.667. The average Bonchev–Trinajstić information content (AvgIpc) is 2.69. The van der Waals surface area contributed by atoms with Crippen molar-refractivity contribution < 1.29 is 0 Å². The molecule has 0 amide bonds. The molecule has 0 bridgehead atoms. The van der Waals surface area contributed by atoms with E-state index in [1.54, 1.807) is 0 Å². The maximum absolute atomic E-state index is 2.29. The van der Waals surface area contributed by atoms with Crippen molar-refractivity contribution in [3.8, 4) is 0 Å². The zero-order chi connectivity index (χ0) is 8.93. The smallest absolute Gasteiger partial charge is 0.00472 e. The molecule has 0 N–H and O–H groups in total. The number of rotatable bonds is 2. The lowest BCUT2D eigenvalue weighted by Gasteiger charge is -1.98. The molecule has 0 fully saturated rings. The Kier molecular flexibility index (Phi) is 2.61. The molecule has 1 atom stereocenters. The molecular formula is C13H14. The Morgan fingerprint density at radius 2 is 2.00 bits per heavy atom. The van der Waals surface area contributed by atoms with E-state index in [2.05, 4.69) is 48.6 Å². The van der Waals surface area contributed by atoms with Crippen LogP contribution in [-0.2, 0) is 0 Å². The fourth-order valence-electron chi connectivity index (χ4n) is 1.62. The van der Waals surface area contributed by atoms with Crippen LogP contribution in [0.3, 0.4) is 0 Å². The minimum absolute atomic E-state index is 0.667. The van der Waals surface area contributed by atoms with Gasteiger partial charge < -0.3 is 0 Å². The topological polar surface area (TPSA) is 0 Å². The minimum Gasteiger partial charge on any atom is -0.0879 e. The molecule has 0 heterocycles. The Morgan fingerprint density at radius 3 is 2.69 bits per heavy atom. The molecule has 2 rings (SSSR count). The lowest BCUT2D eigenvalue weighted by molar-refractivity contribution is 0.775. The first-order valence-corrected chi connectivity index (χ1v) is 4.85. The summed E-state index contributed by atoms with van der Waals surface area (Å²) in [5, 5.41) is 0. The highest BCUT2D eigenvalue weighted by atomic mass is 14.1. The summed E-state index contributed by atoms with van der Waals surface area (Å²) >= 11 is 0. The van der Waals surface area contributed by atoms with E-state index in [0.717, 1.165) is 0 Å². The van der Waals surface area contributed by atoms with Gasteiger partial charge in [0.2, 0.25) is 0 Å². The molecule has 1 aromatic carbocycles. The van der Waals surface area contributed by atoms with Crippen molar-refractivity contribution in [2.75, 3.05) is 0 Å². The number of benzene rings is 1. The Labute approximate surface area is 79.6 Å². The Bertz CT molecular complexity index is 306. The highest BCUT2D eigenvalue weighted by molar-refractivity contribution is 5.49. The van der Waals surface area contributed by atoms with Crippen LogP contribution >= 0.6 is 0 Å². The van der Waals surface area contributed by atoms with Crippen LogP contribution in [0.15, 0.2) is 48.6 Å². The van der Waals surface area contributed by atoms with E-state index in [4.69, 9.17) is 0 Å². The molecule has 0 saturated carbocycles. The summed E-state index contributed by atoms with van der Waals surface area (Å²) < 4.78 is 0. The van der Waals surface area contributed by atoms with Gasteiger partial charge in [-0.3, -0.25) is 0 Å². The Hall–Kier alpha value is -1.30.